The van der Waals surface area contributed by atoms with Crippen LogP contribution in [0.4, 0.5) is 0 Å². The Morgan fingerprint density at radius 3 is 2.72 bits per heavy atom. The minimum atomic E-state index is -0.509. The summed E-state index contributed by atoms with van der Waals surface area (Å²) in [5, 5.41) is 13.2. The lowest BCUT2D eigenvalue weighted by molar-refractivity contribution is 0.174. The van der Waals surface area contributed by atoms with Crippen LogP contribution in [-0.2, 0) is 6.54 Å². The van der Waals surface area contributed by atoms with Crippen LogP contribution in [0.2, 0.25) is 0 Å². The molecule has 0 saturated heterocycles. The van der Waals surface area contributed by atoms with E-state index < -0.39 is 6.10 Å². The number of hydrogen-bond acceptors (Lipinski definition) is 4. The summed E-state index contributed by atoms with van der Waals surface area (Å²) < 4.78 is 0. The van der Waals surface area contributed by atoms with Crippen LogP contribution in [0, 0.1) is 6.92 Å². The van der Waals surface area contributed by atoms with E-state index >= 15 is 0 Å². The zero-order valence-corrected chi connectivity index (χ0v) is 10.4. The second kappa shape index (κ2) is 6.23. The topological polar surface area (TPSA) is 58.0 Å². The maximum atomic E-state index is 9.96. The third kappa shape index (κ3) is 3.35. The molecule has 0 fully saturated rings. The van der Waals surface area contributed by atoms with Crippen molar-refractivity contribution in [2.75, 3.05) is 6.54 Å². The third-order valence-corrected chi connectivity index (χ3v) is 2.86. The number of nitrogens with one attached hydrogen (secondary N) is 1. The van der Waals surface area contributed by atoms with E-state index in [-0.39, 0.29) is 0 Å². The second-order valence-electron chi connectivity index (χ2n) is 4.18. The summed E-state index contributed by atoms with van der Waals surface area (Å²) in [4.78, 5) is 8.15. The summed E-state index contributed by atoms with van der Waals surface area (Å²) in [6, 6.07) is 7.60. The first-order chi connectivity index (χ1) is 8.77. The quantitative estimate of drug-likeness (QED) is 0.837. The molecule has 2 N–H and O–H groups in total. The predicted molar refractivity (Wildman–Crippen MR) is 69.9 cm³/mol. The van der Waals surface area contributed by atoms with E-state index in [1.165, 1.54) is 0 Å². The second-order valence-corrected chi connectivity index (χ2v) is 4.18. The van der Waals surface area contributed by atoms with Gasteiger partial charge in [0, 0.05) is 37.4 Å². The largest absolute Gasteiger partial charge is 0.387 e. The number of aliphatic hydroxyl groups is 1. The van der Waals surface area contributed by atoms with Crippen LogP contribution in [0.25, 0.3) is 0 Å². The van der Waals surface area contributed by atoms with Gasteiger partial charge in [0.15, 0.2) is 0 Å². The van der Waals surface area contributed by atoms with E-state index in [2.05, 4.69) is 15.3 Å². The van der Waals surface area contributed by atoms with Crippen LogP contribution in [0.15, 0.2) is 42.9 Å². The van der Waals surface area contributed by atoms with Crippen LogP contribution in [0.5, 0.6) is 0 Å². The van der Waals surface area contributed by atoms with E-state index in [9.17, 15) is 5.11 Å². The Bertz CT molecular complexity index is 487. The SMILES string of the molecule is Cc1ncccc1CNCC(O)c1ccncc1. The highest BCUT2D eigenvalue weighted by atomic mass is 16.3. The van der Waals surface area contributed by atoms with Crippen molar-refractivity contribution in [2.45, 2.75) is 19.6 Å². The fraction of sp³-hybridized carbons (Fsp3) is 0.286. The molecular formula is C14H17N3O. The van der Waals surface area contributed by atoms with Gasteiger partial charge in [0.1, 0.15) is 0 Å². The summed E-state index contributed by atoms with van der Waals surface area (Å²) in [6.07, 6.45) is 4.64. The molecule has 0 radical (unpaired) electrons. The molecule has 2 aromatic heterocycles. The van der Waals surface area contributed by atoms with Gasteiger partial charge in [-0.25, -0.2) is 0 Å². The Labute approximate surface area is 107 Å². The lowest BCUT2D eigenvalue weighted by Gasteiger charge is -2.12. The summed E-state index contributed by atoms with van der Waals surface area (Å²) in [7, 11) is 0. The number of pyridine rings is 2. The number of aliphatic hydroxyl groups excluding tert-OH is 1. The van der Waals surface area contributed by atoms with Crippen LogP contribution in [0.3, 0.4) is 0 Å². The van der Waals surface area contributed by atoms with Crippen LogP contribution in [-0.4, -0.2) is 21.6 Å². The average Bonchev–Trinajstić information content (AvgIpc) is 2.42. The molecule has 0 aliphatic heterocycles. The molecule has 94 valence electrons. The van der Waals surface area contributed by atoms with Gasteiger partial charge >= 0.3 is 0 Å². The Hall–Kier alpha value is -1.78. The molecular weight excluding hydrogens is 226 g/mol. The summed E-state index contributed by atoms with van der Waals surface area (Å²) in [5.74, 6) is 0. The highest BCUT2D eigenvalue weighted by Gasteiger charge is 2.06. The van der Waals surface area contributed by atoms with Crippen molar-refractivity contribution >= 4 is 0 Å². The molecule has 0 saturated carbocycles. The summed E-state index contributed by atoms with van der Waals surface area (Å²) in [5.41, 5.74) is 3.04. The zero-order chi connectivity index (χ0) is 12.8. The fourth-order valence-corrected chi connectivity index (χ4v) is 1.75. The average molecular weight is 243 g/mol. The molecule has 18 heavy (non-hydrogen) atoms. The minimum Gasteiger partial charge on any atom is -0.387 e. The van der Waals surface area contributed by atoms with Gasteiger partial charge in [-0.1, -0.05) is 6.07 Å². The zero-order valence-electron chi connectivity index (χ0n) is 10.4. The van der Waals surface area contributed by atoms with Gasteiger partial charge < -0.3 is 10.4 Å². The molecule has 1 atom stereocenters. The van der Waals surface area contributed by atoms with Crippen molar-refractivity contribution < 1.29 is 5.11 Å². The highest BCUT2D eigenvalue weighted by molar-refractivity contribution is 5.18. The first-order valence-corrected chi connectivity index (χ1v) is 5.96. The monoisotopic (exact) mass is 243 g/mol. The van der Waals surface area contributed by atoms with Crippen molar-refractivity contribution in [3.05, 3.63) is 59.7 Å². The standard InChI is InChI=1S/C14H17N3O/c1-11-13(3-2-6-17-11)9-16-10-14(18)12-4-7-15-8-5-12/h2-8,14,16,18H,9-10H2,1H3. The van der Waals surface area contributed by atoms with E-state index in [0.717, 1.165) is 16.8 Å². The number of nitrogens with zero attached hydrogens (tertiary/aromatic N) is 2. The molecule has 4 nitrogen and oxygen atoms in total. The third-order valence-electron chi connectivity index (χ3n) is 2.86. The van der Waals surface area contributed by atoms with Gasteiger partial charge in [-0.15, -0.1) is 0 Å². The molecule has 2 rings (SSSR count). The molecule has 0 aliphatic carbocycles. The lowest BCUT2D eigenvalue weighted by Crippen LogP contribution is -2.21. The van der Waals surface area contributed by atoms with Gasteiger partial charge in [-0.2, -0.15) is 0 Å². The van der Waals surface area contributed by atoms with Crippen molar-refractivity contribution in [3.63, 3.8) is 0 Å². The normalized spacial score (nSPS) is 12.3. The number of aryl methyl sites for hydroxylation is 1. The summed E-state index contributed by atoms with van der Waals surface area (Å²) >= 11 is 0. The minimum absolute atomic E-state index is 0.509. The Morgan fingerprint density at radius 1 is 1.22 bits per heavy atom. The first-order valence-electron chi connectivity index (χ1n) is 5.96. The van der Waals surface area contributed by atoms with Crippen molar-refractivity contribution in [2.24, 2.45) is 0 Å². The van der Waals surface area contributed by atoms with Crippen LogP contribution >= 0.6 is 0 Å². The predicted octanol–water partition coefficient (Wildman–Crippen LogP) is 1.61. The maximum absolute atomic E-state index is 9.96. The first kappa shape index (κ1) is 12.7. The fourth-order valence-electron chi connectivity index (χ4n) is 1.75. The van der Waals surface area contributed by atoms with Crippen molar-refractivity contribution in [1.29, 1.82) is 0 Å². The van der Waals surface area contributed by atoms with E-state index in [4.69, 9.17) is 0 Å². The van der Waals surface area contributed by atoms with Crippen molar-refractivity contribution in [1.82, 2.24) is 15.3 Å². The number of aromatic nitrogens is 2. The molecule has 0 aromatic carbocycles. The van der Waals surface area contributed by atoms with Gasteiger partial charge in [0.2, 0.25) is 0 Å². The molecule has 0 aliphatic rings. The Balaban J connectivity index is 1.84. The molecule has 4 heteroatoms. The molecule has 1 unspecified atom stereocenters. The summed E-state index contributed by atoms with van der Waals surface area (Å²) in [6.45, 7) is 3.20. The van der Waals surface area contributed by atoms with Gasteiger partial charge in [0.25, 0.3) is 0 Å². The van der Waals surface area contributed by atoms with E-state index in [1.807, 2.05) is 31.2 Å². The molecule has 0 bridgehead atoms. The highest BCUT2D eigenvalue weighted by Crippen LogP contribution is 2.10. The van der Waals surface area contributed by atoms with E-state index in [0.29, 0.717) is 13.1 Å². The van der Waals surface area contributed by atoms with Gasteiger partial charge in [-0.3, -0.25) is 9.97 Å². The molecule has 0 spiro atoms. The molecule has 2 heterocycles. The number of rotatable bonds is 5. The van der Waals surface area contributed by atoms with Gasteiger partial charge in [0.05, 0.1) is 6.10 Å². The smallest absolute Gasteiger partial charge is 0.0915 e. The Kier molecular flexibility index (Phi) is 4.39. The van der Waals surface area contributed by atoms with Crippen LogP contribution in [0.1, 0.15) is 22.9 Å². The lowest BCUT2D eigenvalue weighted by atomic mass is 10.1. The molecule has 0 amide bonds. The Morgan fingerprint density at radius 2 is 2.00 bits per heavy atom. The number of hydrogen-bond donors (Lipinski definition) is 2. The maximum Gasteiger partial charge on any atom is 0.0915 e. The van der Waals surface area contributed by atoms with Gasteiger partial charge in [-0.05, 0) is 36.2 Å². The van der Waals surface area contributed by atoms with E-state index in [1.54, 1.807) is 18.6 Å². The van der Waals surface area contributed by atoms with Crippen molar-refractivity contribution in [3.8, 4) is 0 Å². The van der Waals surface area contributed by atoms with Crippen LogP contribution < -0.4 is 5.32 Å². The molecule has 2 aromatic rings.